The van der Waals surface area contributed by atoms with Crippen LogP contribution >= 0.6 is 0 Å². The summed E-state index contributed by atoms with van der Waals surface area (Å²) < 4.78 is 0. The third-order valence-corrected chi connectivity index (χ3v) is 3.73. The van der Waals surface area contributed by atoms with Gasteiger partial charge in [-0.3, -0.25) is 14.6 Å². The second-order valence-electron chi connectivity index (χ2n) is 5.33. The van der Waals surface area contributed by atoms with Gasteiger partial charge in [0.15, 0.2) is 5.78 Å². The van der Waals surface area contributed by atoms with Gasteiger partial charge in [0.25, 0.3) is 0 Å². The largest absolute Gasteiger partial charge is 0.370 e. The molecule has 1 aromatic heterocycles. The van der Waals surface area contributed by atoms with Gasteiger partial charge in [0, 0.05) is 33.5 Å². The summed E-state index contributed by atoms with van der Waals surface area (Å²) in [6.45, 7) is 5.77. The lowest BCUT2D eigenvalue weighted by molar-refractivity contribution is -0.119. The third-order valence-electron chi connectivity index (χ3n) is 3.73. The molecule has 0 spiro atoms. The lowest BCUT2D eigenvalue weighted by Gasteiger charge is -2.33. The number of ketones is 1. The van der Waals surface area contributed by atoms with Crippen molar-refractivity contribution in [1.82, 2.24) is 10.3 Å². The van der Waals surface area contributed by atoms with Gasteiger partial charge in [-0.25, -0.2) is 0 Å². The highest BCUT2D eigenvalue weighted by Gasteiger charge is 2.19. The average molecular weight is 275 g/mol. The zero-order chi connectivity index (χ0) is 14.5. The van der Waals surface area contributed by atoms with Crippen LogP contribution in [0.2, 0.25) is 0 Å². The molecule has 0 saturated carbocycles. The van der Waals surface area contributed by atoms with Gasteiger partial charge in [-0.15, -0.1) is 0 Å². The van der Waals surface area contributed by atoms with Gasteiger partial charge >= 0.3 is 0 Å². The molecule has 2 heterocycles. The SMILES string of the molecule is CC(=O)NCC1CCN(c2ccc(C(C)=O)nc2)CC1. The van der Waals surface area contributed by atoms with Crippen molar-refractivity contribution in [2.75, 3.05) is 24.5 Å². The molecule has 0 bridgehead atoms. The molecule has 1 N–H and O–H groups in total. The average Bonchev–Trinajstić information content (AvgIpc) is 2.46. The van der Waals surface area contributed by atoms with Crippen LogP contribution in [0.1, 0.15) is 37.2 Å². The van der Waals surface area contributed by atoms with Gasteiger partial charge in [-0.2, -0.15) is 0 Å². The lowest BCUT2D eigenvalue weighted by Crippen LogP contribution is -2.38. The minimum absolute atomic E-state index is 0.00874. The Morgan fingerprint density at radius 1 is 1.30 bits per heavy atom. The van der Waals surface area contributed by atoms with Gasteiger partial charge in [0.1, 0.15) is 5.69 Å². The Bertz CT molecular complexity index is 476. The topological polar surface area (TPSA) is 62.3 Å². The normalized spacial score (nSPS) is 16.0. The van der Waals surface area contributed by atoms with Crippen LogP contribution in [0.3, 0.4) is 0 Å². The van der Waals surface area contributed by atoms with Crippen LogP contribution < -0.4 is 10.2 Å². The fourth-order valence-corrected chi connectivity index (χ4v) is 2.46. The van der Waals surface area contributed by atoms with Crippen molar-refractivity contribution in [3.63, 3.8) is 0 Å². The summed E-state index contributed by atoms with van der Waals surface area (Å²) in [5.74, 6) is 0.585. The molecule has 1 fully saturated rings. The maximum atomic E-state index is 11.2. The first-order chi connectivity index (χ1) is 9.56. The summed E-state index contributed by atoms with van der Waals surface area (Å²) in [5, 5.41) is 2.88. The van der Waals surface area contributed by atoms with Gasteiger partial charge in [0.05, 0.1) is 11.9 Å². The Morgan fingerprint density at radius 2 is 2.00 bits per heavy atom. The van der Waals surface area contributed by atoms with Crippen molar-refractivity contribution >= 4 is 17.4 Å². The number of rotatable bonds is 4. The fraction of sp³-hybridized carbons (Fsp3) is 0.533. The molecule has 1 saturated heterocycles. The van der Waals surface area contributed by atoms with E-state index in [0.717, 1.165) is 38.2 Å². The van der Waals surface area contributed by atoms with Crippen LogP contribution in [0.4, 0.5) is 5.69 Å². The molecule has 1 aliphatic heterocycles. The highest BCUT2D eigenvalue weighted by atomic mass is 16.1. The Morgan fingerprint density at radius 3 is 2.50 bits per heavy atom. The molecule has 1 aromatic rings. The van der Waals surface area contributed by atoms with E-state index in [1.165, 1.54) is 6.92 Å². The van der Waals surface area contributed by atoms with Gasteiger partial charge < -0.3 is 10.2 Å². The van der Waals surface area contributed by atoms with E-state index in [1.807, 2.05) is 6.07 Å². The van der Waals surface area contributed by atoms with E-state index in [0.29, 0.717) is 11.6 Å². The number of piperidine rings is 1. The van der Waals surface area contributed by atoms with Crippen LogP contribution in [0.15, 0.2) is 18.3 Å². The second-order valence-corrected chi connectivity index (χ2v) is 5.33. The minimum Gasteiger partial charge on any atom is -0.370 e. The molecule has 0 aliphatic carbocycles. The van der Waals surface area contributed by atoms with Crippen molar-refractivity contribution < 1.29 is 9.59 Å². The molecule has 0 atom stereocenters. The molecule has 5 nitrogen and oxygen atoms in total. The highest BCUT2D eigenvalue weighted by molar-refractivity contribution is 5.92. The number of carbonyl (C=O) groups is 2. The summed E-state index contributed by atoms with van der Waals surface area (Å²) in [7, 11) is 0. The summed E-state index contributed by atoms with van der Waals surface area (Å²) in [4.78, 5) is 28.6. The molecular formula is C15H21N3O2. The van der Waals surface area contributed by atoms with Crippen molar-refractivity contribution in [1.29, 1.82) is 0 Å². The molecule has 0 unspecified atom stereocenters. The molecular weight excluding hydrogens is 254 g/mol. The summed E-state index contributed by atoms with van der Waals surface area (Å²) in [6.07, 6.45) is 3.90. The van der Waals surface area contributed by atoms with E-state index in [4.69, 9.17) is 0 Å². The second kappa shape index (κ2) is 6.50. The first-order valence-electron chi connectivity index (χ1n) is 7.02. The fourth-order valence-electron chi connectivity index (χ4n) is 2.46. The van der Waals surface area contributed by atoms with Crippen molar-refractivity contribution in [3.8, 4) is 0 Å². The van der Waals surface area contributed by atoms with Crippen LogP contribution in [-0.4, -0.2) is 36.3 Å². The molecule has 1 amide bonds. The first kappa shape index (κ1) is 14.5. The van der Waals surface area contributed by atoms with Crippen LogP contribution in [0, 0.1) is 5.92 Å². The predicted molar refractivity (Wildman–Crippen MR) is 77.9 cm³/mol. The molecule has 1 aliphatic rings. The van der Waals surface area contributed by atoms with E-state index in [1.54, 1.807) is 19.2 Å². The number of amides is 1. The smallest absolute Gasteiger partial charge is 0.216 e. The lowest BCUT2D eigenvalue weighted by atomic mass is 9.96. The van der Waals surface area contributed by atoms with Crippen LogP contribution in [-0.2, 0) is 4.79 Å². The van der Waals surface area contributed by atoms with Gasteiger partial charge in [-0.1, -0.05) is 0 Å². The van der Waals surface area contributed by atoms with E-state index in [-0.39, 0.29) is 11.7 Å². The summed E-state index contributed by atoms with van der Waals surface area (Å²) >= 11 is 0. The summed E-state index contributed by atoms with van der Waals surface area (Å²) in [5.41, 5.74) is 1.57. The van der Waals surface area contributed by atoms with Gasteiger partial charge in [0.2, 0.25) is 5.91 Å². The molecule has 5 heteroatoms. The zero-order valence-corrected chi connectivity index (χ0v) is 12.1. The first-order valence-corrected chi connectivity index (χ1v) is 7.02. The maximum Gasteiger partial charge on any atom is 0.216 e. The number of nitrogens with one attached hydrogen (secondary N) is 1. The predicted octanol–water partition coefficient (Wildman–Crippen LogP) is 1.64. The number of Topliss-reactive ketones (excluding diaryl/α,β-unsaturated/α-hetero) is 1. The van der Waals surface area contributed by atoms with E-state index in [9.17, 15) is 9.59 Å². The van der Waals surface area contributed by atoms with Crippen LogP contribution in [0.25, 0.3) is 0 Å². The number of hydrogen-bond acceptors (Lipinski definition) is 4. The molecule has 0 radical (unpaired) electrons. The Kier molecular flexibility index (Phi) is 4.71. The quantitative estimate of drug-likeness (QED) is 0.849. The Balaban J connectivity index is 1.87. The van der Waals surface area contributed by atoms with E-state index >= 15 is 0 Å². The zero-order valence-electron chi connectivity index (χ0n) is 12.1. The minimum atomic E-state index is -0.00874. The number of aromatic nitrogens is 1. The van der Waals surface area contributed by atoms with Crippen molar-refractivity contribution in [2.45, 2.75) is 26.7 Å². The standard InChI is InChI=1S/C15H21N3O2/c1-11(19)15-4-3-14(10-17-15)18-7-5-13(6-8-18)9-16-12(2)20/h3-4,10,13H,5-9H2,1-2H3,(H,16,20). The van der Waals surface area contributed by atoms with Crippen molar-refractivity contribution in [2.24, 2.45) is 5.92 Å². The van der Waals surface area contributed by atoms with Gasteiger partial charge in [-0.05, 0) is 30.9 Å². The summed E-state index contributed by atoms with van der Waals surface area (Å²) in [6, 6.07) is 3.74. The molecule has 108 valence electrons. The molecule has 2 rings (SSSR count). The number of carbonyl (C=O) groups excluding carboxylic acids is 2. The highest BCUT2D eigenvalue weighted by Crippen LogP contribution is 2.22. The van der Waals surface area contributed by atoms with Crippen molar-refractivity contribution in [3.05, 3.63) is 24.0 Å². The Labute approximate surface area is 119 Å². The maximum absolute atomic E-state index is 11.2. The third kappa shape index (κ3) is 3.79. The molecule has 0 aromatic carbocycles. The number of hydrogen-bond donors (Lipinski definition) is 1. The monoisotopic (exact) mass is 275 g/mol. The van der Waals surface area contributed by atoms with Crippen LogP contribution in [0.5, 0.6) is 0 Å². The number of nitrogens with zero attached hydrogens (tertiary/aromatic N) is 2. The van der Waals surface area contributed by atoms with E-state index < -0.39 is 0 Å². The number of anilines is 1. The Hall–Kier alpha value is -1.91. The molecule has 20 heavy (non-hydrogen) atoms. The number of pyridine rings is 1. The van der Waals surface area contributed by atoms with E-state index in [2.05, 4.69) is 15.2 Å².